The fourth-order valence-electron chi connectivity index (χ4n) is 1.55. The van der Waals surface area contributed by atoms with Gasteiger partial charge >= 0.3 is 0 Å². The van der Waals surface area contributed by atoms with Gasteiger partial charge in [-0.25, -0.2) is 9.37 Å². The molecule has 98 valence electrons. The molecule has 0 fully saturated rings. The number of hydrogen-bond donors (Lipinski definition) is 1. The molecule has 0 saturated heterocycles. The zero-order valence-electron chi connectivity index (χ0n) is 10.4. The Kier molecular flexibility index (Phi) is 4.20. The Balaban J connectivity index is 2.27. The van der Waals surface area contributed by atoms with Crippen molar-refractivity contribution >= 4 is 6.08 Å². The Morgan fingerprint density at radius 2 is 2.05 bits per heavy atom. The van der Waals surface area contributed by atoms with E-state index in [9.17, 15) is 4.39 Å². The third-order valence-corrected chi connectivity index (χ3v) is 2.48. The van der Waals surface area contributed by atoms with E-state index >= 15 is 0 Å². The van der Waals surface area contributed by atoms with Crippen LogP contribution in [0.4, 0.5) is 4.39 Å². The summed E-state index contributed by atoms with van der Waals surface area (Å²) in [5.41, 5.74) is 1.47. The number of nitrogens with zero attached hydrogens (tertiary/aromatic N) is 2. The summed E-state index contributed by atoms with van der Waals surface area (Å²) < 4.78 is 17.9. The summed E-state index contributed by atoms with van der Waals surface area (Å²) in [6.07, 6.45) is 2.89. The first-order valence-electron chi connectivity index (χ1n) is 5.67. The van der Waals surface area contributed by atoms with Gasteiger partial charge in [-0.3, -0.25) is 0 Å². The van der Waals surface area contributed by atoms with E-state index in [-0.39, 0.29) is 0 Å². The van der Waals surface area contributed by atoms with Crippen molar-refractivity contribution in [3.8, 4) is 17.3 Å². The quantitative estimate of drug-likeness (QED) is 0.917. The van der Waals surface area contributed by atoms with E-state index in [0.29, 0.717) is 17.3 Å². The van der Waals surface area contributed by atoms with E-state index < -0.39 is 12.4 Å². The van der Waals surface area contributed by atoms with E-state index in [4.69, 9.17) is 9.84 Å². The van der Waals surface area contributed by atoms with Crippen molar-refractivity contribution in [2.75, 3.05) is 13.7 Å². The topological polar surface area (TPSA) is 55.2 Å². The third kappa shape index (κ3) is 3.35. The Morgan fingerprint density at radius 3 is 2.68 bits per heavy atom. The first kappa shape index (κ1) is 13.2. The van der Waals surface area contributed by atoms with Gasteiger partial charge in [0, 0.05) is 17.8 Å². The summed E-state index contributed by atoms with van der Waals surface area (Å²) in [6.45, 7) is -0.596. The van der Waals surface area contributed by atoms with E-state index in [1.54, 1.807) is 36.5 Å². The van der Waals surface area contributed by atoms with Gasteiger partial charge in [-0.2, -0.15) is 4.98 Å². The average molecular weight is 260 g/mol. The van der Waals surface area contributed by atoms with Gasteiger partial charge in [0.25, 0.3) is 0 Å². The van der Waals surface area contributed by atoms with Crippen LogP contribution in [0, 0.1) is 0 Å². The van der Waals surface area contributed by atoms with E-state index in [0.717, 1.165) is 5.56 Å². The molecular weight excluding hydrogens is 247 g/mol. The second kappa shape index (κ2) is 6.06. The molecule has 0 saturated carbocycles. The first-order valence-corrected chi connectivity index (χ1v) is 5.67. The van der Waals surface area contributed by atoms with Crippen LogP contribution in [0.2, 0.25) is 0 Å². The minimum Gasteiger partial charge on any atom is -0.481 e. The molecule has 19 heavy (non-hydrogen) atoms. The number of aliphatic hydroxyl groups is 1. The van der Waals surface area contributed by atoms with Gasteiger partial charge in [-0.15, -0.1) is 0 Å². The summed E-state index contributed by atoms with van der Waals surface area (Å²) in [6, 6.07) is 8.69. The van der Waals surface area contributed by atoms with Gasteiger partial charge in [-0.05, 0) is 11.6 Å². The van der Waals surface area contributed by atoms with Crippen molar-refractivity contribution in [1.82, 2.24) is 9.97 Å². The molecule has 0 bridgehead atoms. The predicted octanol–water partition coefficient (Wildman–Crippen LogP) is 2.45. The lowest BCUT2D eigenvalue weighted by Gasteiger charge is -2.03. The van der Waals surface area contributed by atoms with Crippen molar-refractivity contribution < 1.29 is 14.2 Å². The van der Waals surface area contributed by atoms with Gasteiger partial charge in [0.2, 0.25) is 5.88 Å². The lowest BCUT2D eigenvalue weighted by atomic mass is 10.1. The van der Waals surface area contributed by atoms with Crippen LogP contribution in [-0.4, -0.2) is 28.8 Å². The molecule has 0 spiro atoms. The van der Waals surface area contributed by atoms with E-state index in [1.165, 1.54) is 13.2 Å². The van der Waals surface area contributed by atoms with Gasteiger partial charge < -0.3 is 9.84 Å². The third-order valence-electron chi connectivity index (χ3n) is 2.48. The highest BCUT2D eigenvalue weighted by molar-refractivity contribution is 5.60. The van der Waals surface area contributed by atoms with Crippen LogP contribution in [0.15, 0.2) is 42.4 Å². The molecule has 5 heteroatoms. The summed E-state index contributed by atoms with van der Waals surface area (Å²) in [5, 5.41) is 8.61. The Labute approximate surface area is 110 Å². The number of hydrogen-bond acceptors (Lipinski definition) is 4. The molecule has 2 rings (SSSR count). The molecule has 1 aromatic heterocycles. The zero-order chi connectivity index (χ0) is 13.7. The van der Waals surface area contributed by atoms with Crippen LogP contribution in [0.5, 0.6) is 5.88 Å². The van der Waals surface area contributed by atoms with Gasteiger partial charge in [0.15, 0.2) is 5.82 Å². The zero-order valence-corrected chi connectivity index (χ0v) is 10.4. The number of aromatic nitrogens is 2. The molecule has 0 amide bonds. The summed E-state index contributed by atoms with van der Waals surface area (Å²) in [5.74, 6) is 0.447. The maximum Gasteiger partial charge on any atom is 0.216 e. The first-order chi connectivity index (χ1) is 9.22. The Bertz CT molecular complexity index is 582. The number of benzene rings is 1. The molecule has 2 aromatic rings. The molecular formula is C14H13FN2O2. The molecule has 1 heterocycles. The number of rotatable bonds is 4. The van der Waals surface area contributed by atoms with Crippen molar-refractivity contribution in [1.29, 1.82) is 0 Å². The minimum absolute atomic E-state index is 0.486. The van der Waals surface area contributed by atoms with Gasteiger partial charge in [-0.1, -0.05) is 24.3 Å². The summed E-state index contributed by atoms with van der Waals surface area (Å²) in [4.78, 5) is 8.35. The smallest absolute Gasteiger partial charge is 0.216 e. The molecule has 0 aliphatic rings. The summed E-state index contributed by atoms with van der Waals surface area (Å²) in [7, 11) is 1.54. The van der Waals surface area contributed by atoms with Crippen molar-refractivity contribution in [2.45, 2.75) is 0 Å². The second-order valence-corrected chi connectivity index (χ2v) is 3.79. The number of aliphatic hydroxyl groups excluding tert-OH is 1. The van der Waals surface area contributed by atoms with E-state index in [1.807, 2.05) is 0 Å². The van der Waals surface area contributed by atoms with Crippen LogP contribution in [0.25, 0.3) is 17.5 Å². The Hall–Kier alpha value is -2.27. The highest BCUT2D eigenvalue weighted by Crippen LogP contribution is 2.18. The summed E-state index contributed by atoms with van der Waals surface area (Å²) >= 11 is 0. The SMILES string of the molecule is COc1ccnc(-c2ccc(C=C(F)CO)cc2)n1. The maximum absolute atomic E-state index is 12.9. The number of halogens is 1. The number of ether oxygens (including phenoxy) is 1. The van der Waals surface area contributed by atoms with Crippen LogP contribution in [0.1, 0.15) is 5.56 Å². The molecule has 4 nitrogen and oxygen atoms in total. The predicted molar refractivity (Wildman–Crippen MR) is 70.2 cm³/mol. The van der Waals surface area contributed by atoms with Crippen molar-refractivity contribution in [2.24, 2.45) is 0 Å². The lowest BCUT2D eigenvalue weighted by molar-refractivity contribution is 0.300. The second-order valence-electron chi connectivity index (χ2n) is 3.79. The Morgan fingerprint density at radius 1 is 1.32 bits per heavy atom. The molecule has 0 atom stereocenters. The molecule has 1 aromatic carbocycles. The largest absolute Gasteiger partial charge is 0.481 e. The fraction of sp³-hybridized carbons (Fsp3) is 0.143. The van der Waals surface area contributed by atoms with Crippen LogP contribution in [0.3, 0.4) is 0 Å². The molecule has 1 N–H and O–H groups in total. The maximum atomic E-state index is 12.9. The number of methoxy groups -OCH3 is 1. The van der Waals surface area contributed by atoms with Crippen molar-refractivity contribution in [3.05, 3.63) is 47.9 Å². The van der Waals surface area contributed by atoms with Gasteiger partial charge in [0.05, 0.1) is 13.7 Å². The highest BCUT2D eigenvalue weighted by Gasteiger charge is 2.03. The fourth-order valence-corrected chi connectivity index (χ4v) is 1.55. The normalized spacial score (nSPS) is 11.4. The minimum atomic E-state index is -0.596. The van der Waals surface area contributed by atoms with Gasteiger partial charge in [0.1, 0.15) is 5.83 Å². The van der Waals surface area contributed by atoms with Crippen molar-refractivity contribution in [3.63, 3.8) is 0 Å². The van der Waals surface area contributed by atoms with Crippen LogP contribution in [-0.2, 0) is 0 Å². The van der Waals surface area contributed by atoms with Crippen LogP contribution < -0.4 is 4.74 Å². The molecule has 0 unspecified atom stereocenters. The molecule has 0 aliphatic heterocycles. The molecule has 0 radical (unpaired) electrons. The lowest BCUT2D eigenvalue weighted by Crippen LogP contribution is -1.92. The van der Waals surface area contributed by atoms with E-state index in [2.05, 4.69) is 9.97 Å². The standard InChI is InChI=1S/C14H13FN2O2/c1-19-13-6-7-16-14(17-13)11-4-2-10(3-5-11)8-12(15)9-18/h2-8,18H,9H2,1H3. The highest BCUT2D eigenvalue weighted by atomic mass is 19.1. The average Bonchev–Trinajstić information content (AvgIpc) is 2.48. The molecule has 0 aliphatic carbocycles. The van der Waals surface area contributed by atoms with Crippen LogP contribution >= 0.6 is 0 Å². The monoisotopic (exact) mass is 260 g/mol.